The molecular formula is C12H12F3NO2. The summed E-state index contributed by atoms with van der Waals surface area (Å²) in [7, 11) is 1.17. The number of hydrogen-bond acceptors (Lipinski definition) is 3. The summed E-state index contributed by atoms with van der Waals surface area (Å²) in [4.78, 5) is 15.4. The molecule has 1 aromatic heterocycles. The van der Waals surface area contributed by atoms with Crippen molar-refractivity contribution in [3.63, 3.8) is 0 Å². The Balaban J connectivity index is 2.44. The van der Waals surface area contributed by atoms with Gasteiger partial charge < -0.3 is 4.74 Å². The summed E-state index contributed by atoms with van der Waals surface area (Å²) in [6.07, 6.45) is -1.78. The van der Waals surface area contributed by atoms with Crippen molar-refractivity contribution in [3.05, 3.63) is 29.6 Å². The molecule has 0 N–H and O–H groups in total. The normalized spacial score (nSPS) is 17.3. The van der Waals surface area contributed by atoms with Gasteiger partial charge in [-0.05, 0) is 30.9 Å². The molecule has 1 aromatic rings. The Bertz CT molecular complexity index is 455. The van der Waals surface area contributed by atoms with Crippen molar-refractivity contribution in [2.75, 3.05) is 7.11 Å². The summed E-state index contributed by atoms with van der Waals surface area (Å²) in [6, 6.07) is 2.16. The molecule has 1 aliphatic carbocycles. The van der Waals surface area contributed by atoms with Crippen LogP contribution in [0.4, 0.5) is 13.2 Å². The molecule has 1 aliphatic rings. The van der Waals surface area contributed by atoms with Crippen molar-refractivity contribution in [2.24, 2.45) is 5.92 Å². The maximum atomic E-state index is 12.9. The monoisotopic (exact) mass is 259 g/mol. The van der Waals surface area contributed by atoms with Crippen molar-refractivity contribution in [3.8, 4) is 0 Å². The van der Waals surface area contributed by atoms with E-state index in [4.69, 9.17) is 0 Å². The number of aromatic nitrogens is 1. The molecule has 0 bridgehead atoms. The maximum Gasteiger partial charge on any atom is 0.418 e. The highest BCUT2D eigenvalue weighted by atomic mass is 19.4. The van der Waals surface area contributed by atoms with Crippen LogP contribution in [0.3, 0.4) is 0 Å². The molecule has 1 heterocycles. The average molecular weight is 259 g/mol. The van der Waals surface area contributed by atoms with E-state index < -0.39 is 23.6 Å². The van der Waals surface area contributed by atoms with Crippen molar-refractivity contribution < 1.29 is 22.7 Å². The summed E-state index contributed by atoms with van der Waals surface area (Å²) in [6.45, 7) is 0. The number of hydrogen-bond donors (Lipinski definition) is 0. The molecule has 1 saturated carbocycles. The molecule has 0 aromatic carbocycles. The lowest BCUT2D eigenvalue weighted by atomic mass is 9.95. The van der Waals surface area contributed by atoms with Crippen LogP contribution in [0.1, 0.15) is 30.0 Å². The molecule has 1 atom stereocenters. The van der Waals surface area contributed by atoms with Crippen LogP contribution < -0.4 is 0 Å². The molecule has 6 heteroatoms. The number of halogens is 3. The van der Waals surface area contributed by atoms with Gasteiger partial charge >= 0.3 is 12.1 Å². The first-order chi connectivity index (χ1) is 8.45. The summed E-state index contributed by atoms with van der Waals surface area (Å²) in [5.74, 6) is -1.65. The highest BCUT2D eigenvalue weighted by molar-refractivity contribution is 5.78. The van der Waals surface area contributed by atoms with E-state index in [1.165, 1.54) is 19.4 Å². The van der Waals surface area contributed by atoms with E-state index in [1.54, 1.807) is 0 Å². The second-order valence-electron chi connectivity index (χ2n) is 4.27. The van der Waals surface area contributed by atoms with E-state index >= 15 is 0 Å². The quantitative estimate of drug-likeness (QED) is 0.783. The van der Waals surface area contributed by atoms with Gasteiger partial charge in [-0.2, -0.15) is 13.2 Å². The zero-order valence-electron chi connectivity index (χ0n) is 9.70. The molecule has 0 amide bonds. The fourth-order valence-corrected chi connectivity index (χ4v) is 1.99. The van der Waals surface area contributed by atoms with Crippen LogP contribution >= 0.6 is 0 Å². The molecule has 98 valence electrons. The average Bonchev–Trinajstić information content (AvgIpc) is 3.13. The van der Waals surface area contributed by atoms with Gasteiger partial charge in [0.05, 0.1) is 18.4 Å². The van der Waals surface area contributed by atoms with Gasteiger partial charge in [0, 0.05) is 6.20 Å². The van der Waals surface area contributed by atoms with Crippen LogP contribution in [0, 0.1) is 5.92 Å². The number of carbonyl (C=O) groups is 1. The van der Waals surface area contributed by atoms with Crippen LogP contribution in [0.2, 0.25) is 0 Å². The summed E-state index contributed by atoms with van der Waals surface area (Å²) >= 11 is 0. The number of esters is 1. The molecule has 1 unspecified atom stereocenters. The van der Waals surface area contributed by atoms with Crippen molar-refractivity contribution in [1.82, 2.24) is 4.98 Å². The fraction of sp³-hybridized carbons (Fsp3) is 0.500. The van der Waals surface area contributed by atoms with E-state index in [-0.39, 0.29) is 11.6 Å². The zero-order valence-corrected chi connectivity index (χ0v) is 9.70. The van der Waals surface area contributed by atoms with Crippen molar-refractivity contribution in [1.29, 1.82) is 0 Å². The standard InChI is InChI=1S/C12H12F3NO2/c1-18-11(17)9(7-4-5-7)10-8(12(13,14)15)3-2-6-16-10/h2-3,6-7,9H,4-5H2,1H3. The fourth-order valence-electron chi connectivity index (χ4n) is 1.99. The lowest BCUT2D eigenvalue weighted by molar-refractivity contribution is -0.144. The molecule has 2 rings (SSSR count). The Morgan fingerprint density at radius 1 is 1.50 bits per heavy atom. The number of pyridine rings is 1. The number of carbonyl (C=O) groups excluding carboxylic acids is 1. The van der Waals surface area contributed by atoms with Crippen LogP contribution in [0.5, 0.6) is 0 Å². The van der Waals surface area contributed by atoms with Gasteiger partial charge in [-0.3, -0.25) is 9.78 Å². The van der Waals surface area contributed by atoms with Crippen LogP contribution in [-0.2, 0) is 15.7 Å². The third-order valence-electron chi connectivity index (χ3n) is 2.99. The Hall–Kier alpha value is -1.59. The van der Waals surface area contributed by atoms with E-state index in [9.17, 15) is 18.0 Å². The first-order valence-corrected chi connectivity index (χ1v) is 5.55. The first-order valence-electron chi connectivity index (χ1n) is 5.55. The topological polar surface area (TPSA) is 39.2 Å². The molecule has 18 heavy (non-hydrogen) atoms. The largest absolute Gasteiger partial charge is 0.468 e. The first kappa shape index (κ1) is 12.9. The predicted octanol–water partition coefficient (Wildman–Crippen LogP) is 2.77. The van der Waals surface area contributed by atoms with Gasteiger partial charge in [0.1, 0.15) is 5.92 Å². The second kappa shape index (κ2) is 4.59. The number of nitrogens with zero attached hydrogens (tertiary/aromatic N) is 1. The van der Waals surface area contributed by atoms with Gasteiger partial charge in [-0.15, -0.1) is 0 Å². The van der Waals surface area contributed by atoms with Gasteiger partial charge in [-0.1, -0.05) is 0 Å². The number of alkyl halides is 3. The third kappa shape index (κ3) is 2.47. The number of methoxy groups -OCH3 is 1. The smallest absolute Gasteiger partial charge is 0.418 e. The van der Waals surface area contributed by atoms with Crippen LogP contribution in [0.15, 0.2) is 18.3 Å². The zero-order chi connectivity index (χ0) is 13.3. The van der Waals surface area contributed by atoms with E-state index in [0.717, 1.165) is 18.9 Å². The molecule has 0 spiro atoms. The minimum Gasteiger partial charge on any atom is -0.468 e. The minimum absolute atomic E-state index is 0.0894. The lowest BCUT2D eigenvalue weighted by Gasteiger charge is -2.18. The minimum atomic E-state index is -4.51. The van der Waals surface area contributed by atoms with Crippen molar-refractivity contribution in [2.45, 2.75) is 24.9 Å². The van der Waals surface area contributed by atoms with Gasteiger partial charge in [0.2, 0.25) is 0 Å². The van der Waals surface area contributed by atoms with Crippen molar-refractivity contribution >= 4 is 5.97 Å². The lowest BCUT2D eigenvalue weighted by Crippen LogP contribution is -2.22. The Morgan fingerprint density at radius 3 is 2.67 bits per heavy atom. The highest BCUT2D eigenvalue weighted by Gasteiger charge is 2.44. The van der Waals surface area contributed by atoms with Crippen LogP contribution in [0.25, 0.3) is 0 Å². The molecule has 1 fully saturated rings. The SMILES string of the molecule is COC(=O)C(c1ncccc1C(F)(F)F)C1CC1. The van der Waals surface area contributed by atoms with Crippen LogP contribution in [-0.4, -0.2) is 18.1 Å². The molecular weight excluding hydrogens is 247 g/mol. The Kier molecular flexibility index (Phi) is 3.28. The van der Waals surface area contributed by atoms with E-state index in [0.29, 0.717) is 0 Å². The number of ether oxygens (including phenoxy) is 1. The summed E-state index contributed by atoms with van der Waals surface area (Å²) in [5.41, 5.74) is -1.08. The molecule has 0 radical (unpaired) electrons. The Morgan fingerprint density at radius 2 is 2.17 bits per heavy atom. The number of rotatable bonds is 3. The highest BCUT2D eigenvalue weighted by Crippen LogP contribution is 2.45. The summed E-state index contributed by atoms with van der Waals surface area (Å²) in [5, 5.41) is 0. The molecule has 0 saturated heterocycles. The predicted molar refractivity (Wildman–Crippen MR) is 56.7 cm³/mol. The van der Waals surface area contributed by atoms with Gasteiger partial charge in [0.15, 0.2) is 0 Å². The van der Waals surface area contributed by atoms with E-state index in [2.05, 4.69) is 9.72 Å². The molecule has 3 nitrogen and oxygen atoms in total. The third-order valence-corrected chi connectivity index (χ3v) is 2.99. The summed E-state index contributed by atoms with van der Waals surface area (Å²) < 4.78 is 43.2. The van der Waals surface area contributed by atoms with E-state index in [1.807, 2.05) is 0 Å². The van der Waals surface area contributed by atoms with Gasteiger partial charge in [0.25, 0.3) is 0 Å². The van der Waals surface area contributed by atoms with Gasteiger partial charge in [-0.25, -0.2) is 0 Å². The maximum absolute atomic E-state index is 12.9. The molecule has 0 aliphatic heterocycles. The second-order valence-corrected chi connectivity index (χ2v) is 4.27. The Labute approximate surface area is 102 Å².